The minimum atomic E-state index is 0.183. The minimum absolute atomic E-state index is 0.183. The quantitative estimate of drug-likeness (QED) is 0.796. The zero-order valence-corrected chi connectivity index (χ0v) is 15.4. The molecule has 2 aromatic rings. The van der Waals surface area contributed by atoms with Crippen LogP contribution in [-0.4, -0.2) is 18.0 Å². The molecule has 0 atom stereocenters. The molecule has 1 aliphatic carbocycles. The van der Waals surface area contributed by atoms with Gasteiger partial charge in [0, 0.05) is 18.5 Å². The van der Waals surface area contributed by atoms with Crippen LogP contribution < -0.4 is 11.1 Å². The first-order valence-corrected chi connectivity index (χ1v) is 9.82. The molecule has 1 aliphatic rings. The van der Waals surface area contributed by atoms with Crippen LogP contribution in [0.2, 0.25) is 0 Å². The summed E-state index contributed by atoms with van der Waals surface area (Å²) < 4.78 is 0. The molecule has 0 unspecified atom stereocenters. The summed E-state index contributed by atoms with van der Waals surface area (Å²) in [7, 11) is 0. The second-order valence-corrected chi connectivity index (χ2v) is 7.63. The molecule has 0 spiro atoms. The van der Waals surface area contributed by atoms with Crippen LogP contribution in [0.25, 0.3) is 0 Å². The first-order valence-electron chi connectivity index (χ1n) is 9.82. The van der Waals surface area contributed by atoms with Crippen LogP contribution in [0.3, 0.4) is 0 Å². The average molecular weight is 351 g/mol. The highest BCUT2D eigenvalue weighted by Crippen LogP contribution is 2.20. The molecule has 0 aliphatic heterocycles. The molecule has 26 heavy (non-hydrogen) atoms. The third-order valence-corrected chi connectivity index (χ3v) is 5.35. The Morgan fingerprint density at radius 2 is 1.38 bits per heavy atom. The van der Waals surface area contributed by atoms with Crippen LogP contribution in [0.5, 0.6) is 0 Å². The Labute approximate surface area is 157 Å². The molecule has 1 saturated carbocycles. The van der Waals surface area contributed by atoms with E-state index in [1.807, 2.05) is 12.1 Å². The lowest BCUT2D eigenvalue weighted by Crippen LogP contribution is -2.41. The van der Waals surface area contributed by atoms with Crippen molar-refractivity contribution >= 4 is 5.91 Å². The zero-order chi connectivity index (χ0) is 18.2. The number of nitrogens with two attached hydrogens (primary N) is 1. The molecule has 3 rings (SSSR count). The van der Waals surface area contributed by atoms with E-state index in [-0.39, 0.29) is 5.91 Å². The van der Waals surface area contributed by atoms with E-state index in [0.29, 0.717) is 24.4 Å². The van der Waals surface area contributed by atoms with Crippen molar-refractivity contribution in [2.24, 2.45) is 11.7 Å². The molecule has 2 aromatic carbocycles. The number of amides is 1. The molecule has 138 valence electrons. The largest absolute Gasteiger partial charge is 0.353 e. The Kier molecular flexibility index (Phi) is 6.84. The Morgan fingerprint density at radius 1 is 0.885 bits per heavy atom. The number of hydrogen-bond acceptors (Lipinski definition) is 2. The third kappa shape index (κ3) is 5.99. The van der Waals surface area contributed by atoms with Gasteiger partial charge in [0.15, 0.2) is 0 Å². The highest BCUT2D eigenvalue weighted by Gasteiger charge is 2.22. The van der Waals surface area contributed by atoms with Crippen molar-refractivity contribution in [2.45, 2.75) is 57.0 Å². The SMILES string of the molecule is NC1CCC(NC(=O)CC(Cc2ccccc2)Cc2ccccc2)CC1. The van der Waals surface area contributed by atoms with E-state index in [4.69, 9.17) is 5.73 Å². The smallest absolute Gasteiger partial charge is 0.220 e. The summed E-state index contributed by atoms with van der Waals surface area (Å²) in [5, 5.41) is 3.25. The molecule has 3 N–H and O–H groups in total. The molecule has 3 heteroatoms. The van der Waals surface area contributed by atoms with Gasteiger partial charge in [0.2, 0.25) is 5.91 Å². The highest BCUT2D eigenvalue weighted by molar-refractivity contribution is 5.76. The molecule has 0 heterocycles. The van der Waals surface area contributed by atoms with Gasteiger partial charge in [-0.15, -0.1) is 0 Å². The van der Waals surface area contributed by atoms with Crippen molar-refractivity contribution in [3.05, 3.63) is 71.8 Å². The lowest BCUT2D eigenvalue weighted by Gasteiger charge is -2.27. The van der Waals surface area contributed by atoms with Crippen molar-refractivity contribution in [3.63, 3.8) is 0 Å². The summed E-state index contributed by atoms with van der Waals surface area (Å²) in [5.41, 5.74) is 8.56. The van der Waals surface area contributed by atoms with Crippen LogP contribution in [0.15, 0.2) is 60.7 Å². The summed E-state index contributed by atoms with van der Waals surface area (Å²) in [5.74, 6) is 0.494. The normalized spacial score (nSPS) is 20.1. The van der Waals surface area contributed by atoms with Crippen molar-refractivity contribution in [1.29, 1.82) is 0 Å². The molecular weight excluding hydrogens is 320 g/mol. The predicted molar refractivity (Wildman–Crippen MR) is 107 cm³/mol. The van der Waals surface area contributed by atoms with Crippen LogP contribution in [-0.2, 0) is 17.6 Å². The Balaban J connectivity index is 1.59. The highest BCUT2D eigenvalue weighted by atomic mass is 16.1. The van der Waals surface area contributed by atoms with Crippen molar-refractivity contribution in [2.75, 3.05) is 0 Å². The summed E-state index contributed by atoms with van der Waals surface area (Å²) >= 11 is 0. The van der Waals surface area contributed by atoms with Gasteiger partial charge in [-0.25, -0.2) is 0 Å². The van der Waals surface area contributed by atoms with Gasteiger partial charge in [0.25, 0.3) is 0 Å². The van der Waals surface area contributed by atoms with Gasteiger partial charge in [-0.2, -0.15) is 0 Å². The molecule has 0 radical (unpaired) electrons. The summed E-state index contributed by atoms with van der Waals surface area (Å²) in [6.07, 6.45) is 6.48. The van der Waals surface area contributed by atoms with Crippen molar-refractivity contribution in [3.8, 4) is 0 Å². The second kappa shape index (κ2) is 9.54. The van der Waals surface area contributed by atoms with Crippen molar-refractivity contribution in [1.82, 2.24) is 5.32 Å². The fourth-order valence-corrected chi connectivity index (χ4v) is 3.92. The van der Waals surface area contributed by atoms with Crippen LogP contribution in [0, 0.1) is 5.92 Å². The first-order chi connectivity index (χ1) is 12.7. The summed E-state index contributed by atoms with van der Waals surface area (Å²) in [6.45, 7) is 0. The number of carbonyl (C=O) groups is 1. The fraction of sp³-hybridized carbons (Fsp3) is 0.435. The Hall–Kier alpha value is -2.13. The van der Waals surface area contributed by atoms with Gasteiger partial charge in [-0.1, -0.05) is 60.7 Å². The zero-order valence-electron chi connectivity index (χ0n) is 15.4. The number of hydrogen-bond donors (Lipinski definition) is 2. The number of benzene rings is 2. The van der Waals surface area contributed by atoms with Gasteiger partial charge in [0.1, 0.15) is 0 Å². The lowest BCUT2D eigenvalue weighted by atomic mass is 9.88. The van der Waals surface area contributed by atoms with Gasteiger partial charge in [0.05, 0.1) is 0 Å². The van der Waals surface area contributed by atoms with Crippen LogP contribution >= 0.6 is 0 Å². The van der Waals surface area contributed by atoms with E-state index >= 15 is 0 Å². The molecule has 3 nitrogen and oxygen atoms in total. The van der Waals surface area contributed by atoms with Gasteiger partial charge in [-0.05, 0) is 55.6 Å². The number of rotatable bonds is 7. The predicted octanol–water partition coefficient (Wildman–Crippen LogP) is 3.86. The fourth-order valence-electron chi connectivity index (χ4n) is 3.92. The number of carbonyl (C=O) groups excluding carboxylic acids is 1. The monoisotopic (exact) mass is 350 g/mol. The van der Waals surface area contributed by atoms with E-state index in [0.717, 1.165) is 38.5 Å². The lowest BCUT2D eigenvalue weighted by molar-refractivity contribution is -0.122. The average Bonchev–Trinajstić information content (AvgIpc) is 2.65. The van der Waals surface area contributed by atoms with E-state index in [1.54, 1.807) is 0 Å². The van der Waals surface area contributed by atoms with E-state index < -0.39 is 0 Å². The third-order valence-electron chi connectivity index (χ3n) is 5.35. The van der Waals surface area contributed by atoms with E-state index in [9.17, 15) is 4.79 Å². The molecule has 0 bridgehead atoms. The second-order valence-electron chi connectivity index (χ2n) is 7.63. The van der Waals surface area contributed by atoms with Gasteiger partial charge >= 0.3 is 0 Å². The summed E-state index contributed by atoms with van der Waals surface area (Å²) in [4.78, 5) is 12.6. The molecule has 0 saturated heterocycles. The maximum Gasteiger partial charge on any atom is 0.220 e. The van der Waals surface area contributed by atoms with E-state index in [1.165, 1.54) is 11.1 Å². The Bertz CT molecular complexity index is 622. The maximum absolute atomic E-state index is 12.6. The summed E-state index contributed by atoms with van der Waals surface area (Å²) in [6, 6.07) is 21.6. The standard InChI is InChI=1S/C23H30N2O/c24-21-11-13-22(14-12-21)25-23(26)17-20(15-18-7-3-1-4-8-18)16-19-9-5-2-6-10-19/h1-10,20-22H,11-17,24H2,(H,25,26). The molecule has 1 fully saturated rings. The van der Waals surface area contributed by atoms with Crippen LogP contribution in [0.1, 0.15) is 43.2 Å². The molecule has 0 aromatic heterocycles. The topological polar surface area (TPSA) is 55.1 Å². The Morgan fingerprint density at radius 3 is 1.88 bits per heavy atom. The van der Waals surface area contributed by atoms with E-state index in [2.05, 4.69) is 53.8 Å². The van der Waals surface area contributed by atoms with Gasteiger partial charge in [-0.3, -0.25) is 4.79 Å². The maximum atomic E-state index is 12.6. The van der Waals surface area contributed by atoms with Crippen molar-refractivity contribution < 1.29 is 4.79 Å². The van der Waals surface area contributed by atoms with Crippen LogP contribution in [0.4, 0.5) is 0 Å². The van der Waals surface area contributed by atoms with Gasteiger partial charge < -0.3 is 11.1 Å². The number of nitrogens with one attached hydrogen (secondary N) is 1. The first kappa shape index (κ1) is 18.7. The minimum Gasteiger partial charge on any atom is -0.353 e. The molecular formula is C23H30N2O. The molecule has 1 amide bonds.